The molecule has 0 aliphatic heterocycles. The van der Waals surface area contributed by atoms with Crippen molar-refractivity contribution < 1.29 is 23.2 Å². The molecule has 0 radical (unpaired) electrons. The predicted octanol–water partition coefficient (Wildman–Crippen LogP) is 3.62. The van der Waals surface area contributed by atoms with Crippen LogP contribution in [0.4, 0.5) is 11.4 Å². The first-order valence-corrected chi connectivity index (χ1v) is 9.70. The first-order valence-electron chi connectivity index (χ1n) is 7.88. The molecule has 27 heavy (non-hydrogen) atoms. The Morgan fingerprint density at radius 1 is 1.26 bits per heavy atom. The third-order valence-electron chi connectivity index (χ3n) is 3.81. The number of para-hydroxylation sites is 1. The van der Waals surface area contributed by atoms with Crippen molar-refractivity contribution in [3.8, 4) is 0 Å². The van der Waals surface area contributed by atoms with Crippen LogP contribution in [0.3, 0.4) is 0 Å². The Morgan fingerprint density at radius 3 is 2.52 bits per heavy atom. The summed E-state index contributed by atoms with van der Waals surface area (Å²) in [7, 11) is -4.30. The molecule has 10 heteroatoms. The van der Waals surface area contributed by atoms with Crippen molar-refractivity contribution in [1.29, 1.82) is 0 Å². The van der Waals surface area contributed by atoms with E-state index in [1.54, 1.807) is 6.92 Å². The Bertz CT molecular complexity index is 977. The number of nitro benzene ring substituents is 1. The zero-order valence-electron chi connectivity index (χ0n) is 14.3. The first-order chi connectivity index (χ1) is 12.6. The Labute approximate surface area is 161 Å². The van der Waals surface area contributed by atoms with Gasteiger partial charge < -0.3 is 5.11 Å². The van der Waals surface area contributed by atoms with Crippen molar-refractivity contribution in [3.05, 3.63) is 63.2 Å². The van der Waals surface area contributed by atoms with Gasteiger partial charge in [-0.25, -0.2) is 8.42 Å². The van der Waals surface area contributed by atoms with E-state index in [-0.39, 0.29) is 25.1 Å². The topological polar surface area (TPSA) is 118 Å². The van der Waals surface area contributed by atoms with Crippen LogP contribution >= 0.6 is 11.6 Å². The summed E-state index contributed by atoms with van der Waals surface area (Å²) in [6.45, 7) is 1.54. The second-order valence-electron chi connectivity index (χ2n) is 5.73. The van der Waals surface area contributed by atoms with Gasteiger partial charge in [0.05, 0.1) is 10.6 Å². The van der Waals surface area contributed by atoms with Crippen molar-refractivity contribution in [3.63, 3.8) is 0 Å². The standard InChI is InChI=1S/C17H17ClN2O6S/c1-12-11-13(8-9-14(12)18)19(10-4-7-17(21)22)27(25,26)16-6-3-2-5-15(16)20(23)24/h2-3,5-6,8-9,11H,4,7,10H2,1H3,(H,21,22). The van der Waals surface area contributed by atoms with E-state index in [0.29, 0.717) is 10.6 Å². The molecule has 0 unspecified atom stereocenters. The number of nitro groups is 1. The third kappa shape index (κ3) is 4.75. The van der Waals surface area contributed by atoms with Gasteiger partial charge in [-0.2, -0.15) is 0 Å². The minimum Gasteiger partial charge on any atom is -0.481 e. The highest BCUT2D eigenvalue weighted by atomic mass is 35.5. The van der Waals surface area contributed by atoms with E-state index < -0.39 is 31.5 Å². The smallest absolute Gasteiger partial charge is 0.303 e. The van der Waals surface area contributed by atoms with Gasteiger partial charge in [-0.1, -0.05) is 23.7 Å². The van der Waals surface area contributed by atoms with E-state index in [1.165, 1.54) is 30.3 Å². The number of halogens is 1. The van der Waals surface area contributed by atoms with Gasteiger partial charge >= 0.3 is 5.97 Å². The van der Waals surface area contributed by atoms with Crippen LogP contribution < -0.4 is 4.31 Å². The van der Waals surface area contributed by atoms with Gasteiger partial charge in [-0.05, 0) is 43.2 Å². The summed E-state index contributed by atoms with van der Waals surface area (Å²) in [6, 6.07) is 9.56. The molecule has 0 saturated carbocycles. The second kappa shape index (κ2) is 8.36. The number of carboxylic acid groups (broad SMARTS) is 1. The third-order valence-corrected chi connectivity index (χ3v) is 6.11. The highest BCUT2D eigenvalue weighted by Gasteiger charge is 2.31. The van der Waals surface area contributed by atoms with Crippen LogP contribution in [-0.2, 0) is 14.8 Å². The molecule has 8 nitrogen and oxygen atoms in total. The van der Waals surface area contributed by atoms with Crippen molar-refractivity contribution in [1.82, 2.24) is 0 Å². The number of anilines is 1. The molecule has 0 aliphatic rings. The average Bonchev–Trinajstić information content (AvgIpc) is 2.61. The lowest BCUT2D eigenvalue weighted by atomic mass is 10.2. The molecule has 0 aliphatic carbocycles. The number of hydrogen-bond donors (Lipinski definition) is 1. The van der Waals surface area contributed by atoms with Crippen LogP contribution in [0.2, 0.25) is 5.02 Å². The number of benzene rings is 2. The molecule has 0 saturated heterocycles. The van der Waals surface area contributed by atoms with Crippen LogP contribution in [0.5, 0.6) is 0 Å². The summed E-state index contributed by atoms with van der Waals surface area (Å²) < 4.78 is 27.3. The number of aliphatic carboxylic acids is 1. The van der Waals surface area contributed by atoms with E-state index in [1.807, 2.05) is 0 Å². The summed E-state index contributed by atoms with van der Waals surface area (Å²) in [5.41, 5.74) is 0.321. The molecule has 0 bridgehead atoms. The van der Waals surface area contributed by atoms with Gasteiger partial charge in [0.25, 0.3) is 15.7 Å². The van der Waals surface area contributed by atoms with Gasteiger partial charge in [-0.3, -0.25) is 19.2 Å². The largest absolute Gasteiger partial charge is 0.481 e. The van der Waals surface area contributed by atoms with Crippen molar-refractivity contribution in [2.75, 3.05) is 10.8 Å². The van der Waals surface area contributed by atoms with E-state index in [9.17, 15) is 23.3 Å². The highest BCUT2D eigenvalue weighted by molar-refractivity contribution is 7.93. The molecule has 0 spiro atoms. The number of hydrogen-bond acceptors (Lipinski definition) is 5. The van der Waals surface area contributed by atoms with E-state index >= 15 is 0 Å². The zero-order valence-corrected chi connectivity index (χ0v) is 15.9. The molecule has 0 amide bonds. The molecule has 0 aromatic heterocycles. The average molecular weight is 413 g/mol. The summed E-state index contributed by atoms with van der Waals surface area (Å²) in [5.74, 6) is -1.06. The normalized spacial score (nSPS) is 11.2. The molecular weight excluding hydrogens is 396 g/mol. The van der Waals surface area contributed by atoms with Gasteiger partial charge in [0.2, 0.25) is 0 Å². The maximum atomic E-state index is 13.2. The Hall–Kier alpha value is -2.65. The van der Waals surface area contributed by atoms with Gasteiger partial charge in [0.1, 0.15) is 0 Å². The predicted molar refractivity (Wildman–Crippen MR) is 101 cm³/mol. The number of sulfonamides is 1. The lowest BCUT2D eigenvalue weighted by Crippen LogP contribution is -2.32. The van der Waals surface area contributed by atoms with Gasteiger partial charge in [0.15, 0.2) is 4.90 Å². The minimum atomic E-state index is -4.30. The SMILES string of the molecule is Cc1cc(N(CCCC(=O)O)S(=O)(=O)c2ccccc2[N+](=O)[O-])ccc1Cl. The quantitative estimate of drug-likeness (QED) is 0.522. The van der Waals surface area contributed by atoms with Gasteiger partial charge in [-0.15, -0.1) is 0 Å². The summed E-state index contributed by atoms with van der Waals surface area (Å²) in [6.07, 6.45) is -0.202. The Morgan fingerprint density at radius 2 is 1.93 bits per heavy atom. The lowest BCUT2D eigenvalue weighted by molar-refractivity contribution is -0.387. The summed E-state index contributed by atoms with van der Waals surface area (Å²) >= 11 is 5.99. The molecule has 2 rings (SSSR count). The van der Waals surface area contributed by atoms with Crippen LogP contribution in [0.15, 0.2) is 47.4 Å². The van der Waals surface area contributed by atoms with Crippen LogP contribution in [0.25, 0.3) is 0 Å². The van der Waals surface area contributed by atoms with Crippen molar-refractivity contribution >= 4 is 39.0 Å². The minimum absolute atomic E-state index is 0.0386. The molecule has 1 N–H and O–H groups in total. The number of aryl methyl sites for hydroxylation is 1. The fourth-order valence-corrected chi connectivity index (χ4v) is 4.26. The molecule has 0 atom stereocenters. The molecule has 0 heterocycles. The number of carboxylic acids is 1. The number of carbonyl (C=O) groups is 1. The Kier molecular flexibility index (Phi) is 6.40. The Balaban J connectivity index is 2.56. The van der Waals surface area contributed by atoms with E-state index in [2.05, 4.69) is 0 Å². The maximum Gasteiger partial charge on any atom is 0.303 e. The monoisotopic (exact) mass is 412 g/mol. The molecule has 0 fully saturated rings. The maximum absolute atomic E-state index is 13.2. The fourth-order valence-electron chi connectivity index (χ4n) is 2.49. The summed E-state index contributed by atoms with van der Waals surface area (Å²) in [5, 5.41) is 20.5. The fraction of sp³-hybridized carbons (Fsp3) is 0.235. The molecule has 2 aromatic rings. The number of nitrogens with zero attached hydrogens (tertiary/aromatic N) is 2. The zero-order chi connectivity index (χ0) is 20.2. The lowest BCUT2D eigenvalue weighted by Gasteiger charge is -2.24. The molecule has 144 valence electrons. The van der Waals surface area contributed by atoms with Crippen molar-refractivity contribution in [2.24, 2.45) is 0 Å². The van der Waals surface area contributed by atoms with Gasteiger partial charge in [0, 0.05) is 24.1 Å². The number of rotatable bonds is 8. The van der Waals surface area contributed by atoms with Crippen LogP contribution in [0, 0.1) is 17.0 Å². The van der Waals surface area contributed by atoms with E-state index in [4.69, 9.17) is 16.7 Å². The van der Waals surface area contributed by atoms with Crippen LogP contribution in [0.1, 0.15) is 18.4 Å². The van der Waals surface area contributed by atoms with E-state index in [0.717, 1.165) is 16.4 Å². The summed E-state index contributed by atoms with van der Waals surface area (Å²) in [4.78, 5) is 20.8. The highest BCUT2D eigenvalue weighted by Crippen LogP contribution is 2.31. The first kappa shape index (κ1) is 20.7. The van der Waals surface area contributed by atoms with Crippen molar-refractivity contribution in [2.45, 2.75) is 24.7 Å². The molecule has 2 aromatic carbocycles. The van der Waals surface area contributed by atoms with Crippen LogP contribution in [-0.4, -0.2) is 31.0 Å². The second-order valence-corrected chi connectivity index (χ2v) is 7.97. The molecular formula is C17H17ClN2O6S.